The predicted molar refractivity (Wildman–Crippen MR) is 89.8 cm³/mol. The summed E-state index contributed by atoms with van der Waals surface area (Å²) in [7, 11) is 4.19. The van der Waals surface area contributed by atoms with Crippen molar-refractivity contribution in [2.75, 3.05) is 45.2 Å². The fourth-order valence-electron chi connectivity index (χ4n) is 2.10. The van der Waals surface area contributed by atoms with Gasteiger partial charge in [-0.2, -0.15) is 0 Å². The minimum Gasteiger partial charge on any atom is -0.339 e. The van der Waals surface area contributed by atoms with Crippen molar-refractivity contribution in [1.29, 1.82) is 0 Å². The molecule has 0 fully saturated rings. The molecule has 0 bridgehead atoms. The first kappa shape index (κ1) is 17.9. The van der Waals surface area contributed by atoms with Crippen LogP contribution >= 0.6 is 0 Å². The van der Waals surface area contributed by atoms with Crippen molar-refractivity contribution < 1.29 is 0 Å². The van der Waals surface area contributed by atoms with Gasteiger partial charge in [-0.15, -0.1) is 0 Å². The molecule has 0 aliphatic carbocycles. The monoisotopic (exact) mass is 293 g/mol. The quantitative estimate of drug-likeness (QED) is 0.753. The first-order chi connectivity index (χ1) is 9.93. The Hall–Kier alpha value is -1.20. The lowest BCUT2D eigenvalue weighted by Crippen LogP contribution is -2.35. The average Bonchev–Trinajstić information content (AvgIpc) is 2.41. The molecule has 1 heterocycles. The highest BCUT2D eigenvalue weighted by molar-refractivity contribution is 5.33. The Bertz CT molecular complexity index is 417. The number of aryl methyl sites for hydroxylation is 1. The fourth-order valence-corrected chi connectivity index (χ4v) is 2.10. The first-order valence-electron chi connectivity index (χ1n) is 7.87. The zero-order valence-corrected chi connectivity index (χ0v) is 14.5. The summed E-state index contributed by atoms with van der Waals surface area (Å²) in [5, 5.41) is 3.33. The Kier molecular flexibility index (Phi) is 7.61. The standard InChI is InChI=1S/C16H31N5/c1-7-17-10-15-11-18-16(19-14(15)4)21(12-13(2)3)9-8-20(5)6/h11,13,17H,7-10,12H2,1-6H3. The Morgan fingerprint density at radius 2 is 1.95 bits per heavy atom. The lowest BCUT2D eigenvalue weighted by atomic mass is 10.2. The highest BCUT2D eigenvalue weighted by Crippen LogP contribution is 2.13. The summed E-state index contributed by atoms with van der Waals surface area (Å²) in [6, 6.07) is 0. The van der Waals surface area contributed by atoms with E-state index in [-0.39, 0.29) is 0 Å². The molecule has 21 heavy (non-hydrogen) atoms. The van der Waals surface area contributed by atoms with Gasteiger partial charge in [-0.1, -0.05) is 20.8 Å². The third kappa shape index (κ3) is 6.40. The van der Waals surface area contributed by atoms with Crippen LogP contribution in [0.25, 0.3) is 0 Å². The van der Waals surface area contributed by atoms with Gasteiger partial charge in [0.1, 0.15) is 0 Å². The maximum Gasteiger partial charge on any atom is 0.225 e. The molecule has 1 aromatic heterocycles. The van der Waals surface area contributed by atoms with E-state index in [0.29, 0.717) is 5.92 Å². The summed E-state index contributed by atoms with van der Waals surface area (Å²) >= 11 is 0. The van der Waals surface area contributed by atoms with Crippen LogP contribution in [0.5, 0.6) is 0 Å². The van der Waals surface area contributed by atoms with E-state index in [1.807, 2.05) is 6.20 Å². The van der Waals surface area contributed by atoms with Crippen LogP contribution in [-0.2, 0) is 6.54 Å². The van der Waals surface area contributed by atoms with Gasteiger partial charge in [-0.05, 0) is 33.5 Å². The minimum absolute atomic E-state index is 0.595. The van der Waals surface area contributed by atoms with Crippen molar-refractivity contribution >= 4 is 5.95 Å². The smallest absolute Gasteiger partial charge is 0.225 e. The molecule has 0 radical (unpaired) electrons. The van der Waals surface area contributed by atoms with Crippen LogP contribution < -0.4 is 10.2 Å². The molecule has 0 atom stereocenters. The van der Waals surface area contributed by atoms with Crippen LogP contribution in [-0.4, -0.2) is 55.1 Å². The second-order valence-corrected chi connectivity index (χ2v) is 6.20. The van der Waals surface area contributed by atoms with Gasteiger partial charge in [0.15, 0.2) is 0 Å². The second-order valence-electron chi connectivity index (χ2n) is 6.20. The number of anilines is 1. The summed E-state index contributed by atoms with van der Waals surface area (Å²) < 4.78 is 0. The van der Waals surface area contributed by atoms with Crippen LogP contribution in [0, 0.1) is 12.8 Å². The molecule has 120 valence electrons. The number of hydrogen-bond donors (Lipinski definition) is 1. The van der Waals surface area contributed by atoms with Crippen molar-refractivity contribution in [3.8, 4) is 0 Å². The zero-order valence-electron chi connectivity index (χ0n) is 14.5. The second kappa shape index (κ2) is 8.95. The molecule has 1 rings (SSSR count). The van der Waals surface area contributed by atoms with Crippen LogP contribution in [0.1, 0.15) is 32.0 Å². The molecule has 0 spiro atoms. The molecule has 0 aromatic carbocycles. The minimum atomic E-state index is 0.595. The van der Waals surface area contributed by atoms with Gasteiger partial charge in [0, 0.05) is 43.6 Å². The van der Waals surface area contributed by atoms with E-state index in [0.717, 1.165) is 44.4 Å². The van der Waals surface area contributed by atoms with Gasteiger partial charge in [0.25, 0.3) is 0 Å². The van der Waals surface area contributed by atoms with E-state index in [1.54, 1.807) is 0 Å². The molecule has 5 nitrogen and oxygen atoms in total. The first-order valence-corrected chi connectivity index (χ1v) is 7.87. The summed E-state index contributed by atoms with van der Waals surface area (Å²) in [6.07, 6.45) is 1.96. The number of aromatic nitrogens is 2. The molecular formula is C16H31N5. The lowest BCUT2D eigenvalue weighted by Gasteiger charge is -2.26. The molecule has 1 aromatic rings. The molecule has 0 amide bonds. The van der Waals surface area contributed by atoms with E-state index in [9.17, 15) is 0 Å². The lowest BCUT2D eigenvalue weighted by molar-refractivity contribution is 0.407. The van der Waals surface area contributed by atoms with Crippen LogP contribution in [0.3, 0.4) is 0 Å². The van der Waals surface area contributed by atoms with Crippen molar-refractivity contribution in [3.63, 3.8) is 0 Å². The third-order valence-electron chi connectivity index (χ3n) is 3.32. The Balaban J connectivity index is 2.83. The SMILES string of the molecule is CCNCc1cnc(N(CCN(C)C)CC(C)C)nc1C. The summed E-state index contributed by atoms with van der Waals surface area (Å²) in [4.78, 5) is 13.8. The van der Waals surface area contributed by atoms with E-state index < -0.39 is 0 Å². The number of nitrogens with one attached hydrogen (secondary N) is 1. The highest BCUT2D eigenvalue weighted by atomic mass is 15.3. The topological polar surface area (TPSA) is 44.3 Å². The molecule has 0 unspecified atom stereocenters. The molecular weight excluding hydrogens is 262 g/mol. The van der Waals surface area contributed by atoms with E-state index in [1.165, 1.54) is 5.56 Å². The number of rotatable bonds is 9. The average molecular weight is 293 g/mol. The Morgan fingerprint density at radius 3 is 2.48 bits per heavy atom. The third-order valence-corrected chi connectivity index (χ3v) is 3.32. The number of nitrogens with zero attached hydrogens (tertiary/aromatic N) is 4. The molecule has 0 aliphatic heterocycles. The van der Waals surface area contributed by atoms with Crippen molar-refractivity contribution in [1.82, 2.24) is 20.2 Å². The zero-order chi connectivity index (χ0) is 15.8. The number of hydrogen-bond acceptors (Lipinski definition) is 5. The molecule has 5 heteroatoms. The predicted octanol–water partition coefficient (Wildman–Crippen LogP) is 1.92. The molecule has 0 saturated carbocycles. The van der Waals surface area contributed by atoms with Crippen LogP contribution in [0.2, 0.25) is 0 Å². The van der Waals surface area contributed by atoms with Gasteiger partial charge in [0.2, 0.25) is 5.95 Å². The summed E-state index contributed by atoms with van der Waals surface area (Å²) in [6.45, 7) is 13.4. The molecule has 1 N–H and O–H groups in total. The fraction of sp³-hybridized carbons (Fsp3) is 0.750. The van der Waals surface area contributed by atoms with Crippen molar-refractivity contribution in [2.45, 2.75) is 34.2 Å². The van der Waals surface area contributed by atoms with Crippen LogP contribution in [0.15, 0.2) is 6.20 Å². The van der Waals surface area contributed by atoms with Gasteiger partial charge in [-0.25, -0.2) is 9.97 Å². The van der Waals surface area contributed by atoms with E-state index in [4.69, 9.17) is 4.98 Å². The molecule has 0 saturated heterocycles. The highest BCUT2D eigenvalue weighted by Gasteiger charge is 2.13. The summed E-state index contributed by atoms with van der Waals surface area (Å²) in [5.41, 5.74) is 2.25. The summed E-state index contributed by atoms with van der Waals surface area (Å²) in [5.74, 6) is 1.45. The van der Waals surface area contributed by atoms with Gasteiger partial charge in [-0.3, -0.25) is 0 Å². The van der Waals surface area contributed by atoms with Gasteiger partial charge < -0.3 is 15.1 Å². The Labute approximate surface area is 129 Å². The number of likely N-dealkylation sites (N-methyl/N-ethyl adjacent to an activating group) is 1. The van der Waals surface area contributed by atoms with Crippen molar-refractivity contribution in [3.05, 3.63) is 17.5 Å². The van der Waals surface area contributed by atoms with E-state index in [2.05, 4.69) is 61.9 Å². The maximum absolute atomic E-state index is 4.71. The largest absolute Gasteiger partial charge is 0.339 e. The Morgan fingerprint density at radius 1 is 1.24 bits per heavy atom. The van der Waals surface area contributed by atoms with Crippen LogP contribution in [0.4, 0.5) is 5.95 Å². The van der Waals surface area contributed by atoms with Crippen molar-refractivity contribution in [2.24, 2.45) is 5.92 Å². The molecule has 0 aliphatic rings. The normalized spacial score (nSPS) is 11.4. The maximum atomic E-state index is 4.71. The van der Waals surface area contributed by atoms with Gasteiger partial charge in [0.05, 0.1) is 0 Å². The van der Waals surface area contributed by atoms with E-state index >= 15 is 0 Å². The van der Waals surface area contributed by atoms with Gasteiger partial charge >= 0.3 is 0 Å².